The largest absolute Gasteiger partial charge is 0.497 e. The lowest BCUT2D eigenvalue weighted by Gasteiger charge is -2.20. The third-order valence-electron chi connectivity index (χ3n) is 4.18. The van der Waals surface area contributed by atoms with Gasteiger partial charge in [-0.2, -0.15) is 11.3 Å². The molecule has 0 saturated carbocycles. The Bertz CT molecular complexity index is 892. The fourth-order valence-electron chi connectivity index (χ4n) is 2.76. The standard InChI is InChI=1S/C22H21NO4S/c1-26-19-9-7-18(8-10-19)22(17-5-3-2-4-6-17)23-20(24)14-27-21(25)13-16-11-12-28-15-16/h2-12,15,22H,13-14H2,1H3,(H,23,24)/t22-/m1/s1. The summed E-state index contributed by atoms with van der Waals surface area (Å²) in [6.45, 7) is -0.317. The number of esters is 1. The molecule has 3 rings (SSSR count). The van der Waals surface area contributed by atoms with Crippen molar-refractivity contribution in [2.45, 2.75) is 12.5 Å². The zero-order valence-corrected chi connectivity index (χ0v) is 16.3. The predicted octanol–water partition coefficient (Wildman–Crippen LogP) is 3.75. The van der Waals surface area contributed by atoms with Crippen molar-refractivity contribution >= 4 is 23.2 Å². The van der Waals surface area contributed by atoms with Gasteiger partial charge in [0.1, 0.15) is 5.75 Å². The molecule has 0 bridgehead atoms. The molecule has 1 atom stereocenters. The van der Waals surface area contributed by atoms with Crippen molar-refractivity contribution in [1.29, 1.82) is 0 Å². The summed E-state index contributed by atoms with van der Waals surface area (Å²) >= 11 is 1.52. The molecule has 0 aliphatic rings. The van der Waals surface area contributed by atoms with E-state index in [2.05, 4.69) is 5.32 Å². The Balaban J connectivity index is 1.65. The van der Waals surface area contributed by atoms with Gasteiger partial charge >= 0.3 is 5.97 Å². The van der Waals surface area contributed by atoms with Gasteiger partial charge in [0.2, 0.25) is 0 Å². The van der Waals surface area contributed by atoms with Gasteiger partial charge in [0.15, 0.2) is 6.61 Å². The first-order chi connectivity index (χ1) is 13.7. The molecular formula is C22H21NO4S. The highest BCUT2D eigenvalue weighted by Gasteiger charge is 2.18. The molecule has 0 aliphatic carbocycles. The van der Waals surface area contributed by atoms with E-state index in [0.29, 0.717) is 0 Å². The van der Waals surface area contributed by atoms with Gasteiger partial charge < -0.3 is 14.8 Å². The van der Waals surface area contributed by atoms with Gasteiger partial charge in [0, 0.05) is 0 Å². The van der Waals surface area contributed by atoms with E-state index in [9.17, 15) is 9.59 Å². The smallest absolute Gasteiger partial charge is 0.310 e. The number of amides is 1. The Kier molecular flexibility index (Phi) is 6.81. The SMILES string of the molecule is COc1ccc([C@H](NC(=O)COC(=O)Cc2ccsc2)c2ccccc2)cc1. The normalized spacial score (nSPS) is 11.5. The highest BCUT2D eigenvalue weighted by atomic mass is 32.1. The van der Waals surface area contributed by atoms with E-state index in [-0.39, 0.29) is 25.0 Å². The minimum atomic E-state index is -0.422. The molecule has 1 N–H and O–H groups in total. The number of thiophene rings is 1. The van der Waals surface area contributed by atoms with E-state index in [4.69, 9.17) is 9.47 Å². The molecule has 0 spiro atoms. The van der Waals surface area contributed by atoms with E-state index in [1.165, 1.54) is 11.3 Å². The van der Waals surface area contributed by atoms with Gasteiger partial charge in [-0.05, 0) is 45.6 Å². The van der Waals surface area contributed by atoms with Gasteiger partial charge in [-0.1, -0.05) is 42.5 Å². The summed E-state index contributed by atoms with van der Waals surface area (Å²) < 4.78 is 10.3. The summed E-state index contributed by atoms with van der Waals surface area (Å²) in [6.07, 6.45) is 0.164. The van der Waals surface area contributed by atoms with Crippen LogP contribution < -0.4 is 10.1 Å². The van der Waals surface area contributed by atoms with Crippen molar-refractivity contribution in [2.75, 3.05) is 13.7 Å². The summed E-state index contributed by atoms with van der Waals surface area (Å²) in [5, 5.41) is 6.73. The number of hydrogen-bond donors (Lipinski definition) is 1. The fourth-order valence-corrected chi connectivity index (χ4v) is 3.43. The van der Waals surface area contributed by atoms with Crippen molar-refractivity contribution < 1.29 is 19.1 Å². The number of methoxy groups -OCH3 is 1. The maximum absolute atomic E-state index is 12.4. The summed E-state index contributed by atoms with van der Waals surface area (Å²) in [4.78, 5) is 24.3. The lowest BCUT2D eigenvalue weighted by molar-refractivity contribution is -0.148. The molecule has 0 aliphatic heterocycles. The predicted molar refractivity (Wildman–Crippen MR) is 108 cm³/mol. The minimum absolute atomic E-state index is 0.164. The Labute approximate surface area is 167 Å². The van der Waals surface area contributed by atoms with E-state index in [1.54, 1.807) is 7.11 Å². The first-order valence-electron chi connectivity index (χ1n) is 8.80. The van der Waals surface area contributed by atoms with Crippen LogP contribution in [0.25, 0.3) is 0 Å². The second-order valence-corrected chi connectivity index (χ2v) is 6.93. The maximum Gasteiger partial charge on any atom is 0.310 e. The monoisotopic (exact) mass is 395 g/mol. The molecule has 1 aromatic heterocycles. The van der Waals surface area contributed by atoms with Crippen LogP contribution in [0.5, 0.6) is 5.75 Å². The number of benzene rings is 2. The Morgan fingerprint density at radius 2 is 1.71 bits per heavy atom. The molecular weight excluding hydrogens is 374 g/mol. The van der Waals surface area contributed by atoms with Crippen LogP contribution in [0.15, 0.2) is 71.4 Å². The van der Waals surface area contributed by atoms with Crippen LogP contribution in [0.3, 0.4) is 0 Å². The lowest BCUT2D eigenvalue weighted by atomic mass is 9.98. The van der Waals surface area contributed by atoms with Crippen LogP contribution in [0, 0.1) is 0 Å². The topological polar surface area (TPSA) is 64.6 Å². The number of hydrogen-bond acceptors (Lipinski definition) is 5. The lowest BCUT2D eigenvalue weighted by Crippen LogP contribution is -2.33. The number of ether oxygens (including phenoxy) is 2. The molecule has 0 unspecified atom stereocenters. The van der Waals surface area contributed by atoms with Crippen molar-refractivity contribution in [3.63, 3.8) is 0 Å². The summed E-state index contributed by atoms with van der Waals surface area (Å²) in [7, 11) is 1.61. The molecule has 2 aromatic carbocycles. The number of carbonyl (C=O) groups excluding carboxylic acids is 2. The maximum atomic E-state index is 12.4. The zero-order valence-electron chi connectivity index (χ0n) is 15.5. The molecule has 144 valence electrons. The highest BCUT2D eigenvalue weighted by molar-refractivity contribution is 7.08. The Morgan fingerprint density at radius 1 is 1.00 bits per heavy atom. The third-order valence-corrected chi connectivity index (χ3v) is 4.91. The van der Waals surface area contributed by atoms with Gasteiger partial charge in [0.25, 0.3) is 5.91 Å². The van der Waals surface area contributed by atoms with E-state index in [0.717, 1.165) is 22.4 Å². The second kappa shape index (κ2) is 9.71. The minimum Gasteiger partial charge on any atom is -0.497 e. The van der Waals surface area contributed by atoms with Gasteiger partial charge in [-0.25, -0.2) is 0 Å². The highest BCUT2D eigenvalue weighted by Crippen LogP contribution is 2.24. The van der Waals surface area contributed by atoms with E-state index >= 15 is 0 Å². The third kappa shape index (κ3) is 5.44. The summed E-state index contributed by atoms with van der Waals surface area (Å²) in [6, 6.07) is 18.6. The number of carbonyl (C=O) groups is 2. The zero-order chi connectivity index (χ0) is 19.8. The van der Waals surface area contributed by atoms with Crippen molar-refractivity contribution in [2.24, 2.45) is 0 Å². The first kappa shape index (κ1) is 19.6. The average Bonchev–Trinajstić information content (AvgIpc) is 3.24. The van der Waals surface area contributed by atoms with E-state index < -0.39 is 5.97 Å². The molecule has 3 aromatic rings. The molecule has 0 saturated heterocycles. The van der Waals surface area contributed by atoms with Gasteiger partial charge in [-0.15, -0.1) is 0 Å². The molecule has 28 heavy (non-hydrogen) atoms. The Hall–Kier alpha value is -3.12. The molecule has 6 heteroatoms. The number of nitrogens with one attached hydrogen (secondary N) is 1. The molecule has 0 radical (unpaired) electrons. The van der Waals surface area contributed by atoms with E-state index in [1.807, 2.05) is 71.4 Å². The molecule has 0 fully saturated rings. The Morgan fingerprint density at radius 3 is 2.36 bits per heavy atom. The van der Waals surface area contributed by atoms with Crippen LogP contribution in [-0.2, 0) is 20.7 Å². The molecule has 5 nitrogen and oxygen atoms in total. The van der Waals surface area contributed by atoms with Crippen LogP contribution in [-0.4, -0.2) is 25.6 Å². The molecule has 1 amide bonds. The summed E-state index contributed by atoms with van der Waals surface area (Å²) in [5.41, 5.74) is 2.73. The van der Waals surface area contributed by atoms with Crippen LogP contribution in [0.2, 0.25) is 0 Å². The number of rotatable bonds is 8. The van der Waals surface area contributed by atoms with Crippen molar-refractivity contribution in [3.05, 3.63) is 88.1 Å². The van der Waals surface area contributed by atoms with Gasteiger partial charge in [-0.3, -0.25) is 9.59 Å². The molecule has 1 heterocycles. The van der Waals surface area contributed by atoms with Crippen molar-refractivity contribution in [1.82, 2.24) is 5.32 Å². The van der Waals surface area contributed by atoms with Crippen LogP contribution in [0.4, 0.5) is 0 Å². The van der Waals surface area contributed by atoms with Crippen LogP contribution >= 0.6 is 11.3 Å². The summed E-state index contributed by atoms with van der Waals surface area (Å²) in [5.74, 6) is -0.0400. The average molecular weight is 395 g/mol. The quantitative estimate of drug-likeness (QED) is 0.590. The first-order valence-corrected chi connectivity index (χ1v) is 9.75. The second-order valence-electron chi connectivity index (χ2n) is 6.15. The fraction of sp³-hybridized carbons (Fsp3) is 0.182. The van der Waals surface area contributed by atoms with Crippen LogP contribution in [0.1, 0.15) is 22.7 Å². The van der Waals surface area contributed by atoms with Gasteiger partial charge in [0.05, 0.1) is 19.6 Å². The van der Waals surface area contributed by atoms with Crippen molar-refractivity contribution in [3.8, 4) is 5.75 Å².